The van der Waals surface area contributed by atoms with Crippen molar-refractivity contribution in [3.63, 3.8) is 0 Å². The van der Waals surface area contributed by atoms with Crippen molar-refractivity contribution in [1.29, 1.82) is 0 Å². The Labute approximate surface area is 116 Å². The number of hydrogen-bond donors (Lipinski definition) is 1. The van der Waals surface area contributed by atoms with Crippen molar-refractivity contribution >= 4 is 10.9 Å². The van der Waals surface area contributed by atoms with Crippen LogP contribution >= 0.6 is 0 Å². The Kier molecular flexibility index (Phi) is 4.92. The lowest BCUT2D eigenvalue weighted by Crippen LogP contribution is -2.27. The van der Waals surface area contributed by atoms with E-state index in [0.717, 1.165) is 12.1 Å². The Hall–Kier alpha value is -1.41. The molecule has 0 saturated heterocycles. The van der Waals surface area contributed by atoms with Crippen LogP contribution in [0.3, 0.4) is 0 Å². The van der Waals surface area contributed by atoms with E-state index < -0.39 is 0 Å². The highest BCUT2D eigenvalue weighted by molar-refractivity contribution is 5.78. The Balaban J connectivity index is 2.06. The summed E-state index contributed by atoms with van der Waals surface area (Å²) in [5.74, 6) is 0.561. The van der Waals surface area contributed by atoms with Crippen LogP contribution in [0.25, 0.3) is 10.9 Å². The molecule has 0 saturated carbocycles. The number of hydrogen-bond acceptors (Lipinski definition) is 2. The van der Waals surface area contributed by atoms with Crippen molar-refractivity contribution in [2.45, 2.75) is 45.6 Å². The zero-order valence-electron chi connectivity index (χ0n) is 12.2. The topological polar surface area (TPSA) is 24.9 Å². The van der Waals surface area contributed by atoms with Crippen LogP contribution in [0.1, 0.15) is 45.1 Å². The zero-order chi connectivity index (χ0) is 13.7. The molecular formula is C17H24N2. The first-order chi connectivity index (χ1) is 9.20. The molecule has 1 N–H and O–H groups in total. The lowest BCUT2D eigenvalue weighted by Gasteiger charge is -2.19. The minimum atomic E-state index is 0.561. The molecule has 2 heteroatoms. The van der Waals surface area contributed by atoms with E-state index in [4.69, 9.17) is 0 Å². The van der Waals surface area contributed by atoms with E-state index in [-0.39, 0.29) is 0 Å². The average Bonchev–Trinajstić information content (AvgIpc) is 2.44. The third-order valence-corrected chi connectivity index (χ3v) is 3.65. The highest BCUT2D eigenvalue weighted by Crippen LogP contribution is 2.23. The van der Waals surface area contributed by atoms with Gasteiger partial charge in [0.2, 0.25) is 0 Å². The molecule has 0 spiro atoms. The lowest BCUT2D eigenvalue weighted by molar-refractivity contribution is 0.479. The van der Waals surface area contributed by atoms with Crippen LogP contribution in [0.2, 0.25) is 0 Å². The van der Waals surface area contributed by atoms with Gasteiger partial charge in [0.05, 0.1) is 5.52 Å². The van der Waals surface area contributed by atoms with E-state index in [1.165, 1.54) is 23.8 Å². The van der Waals surface area contributed by atoms with E-state index >= 15 is 0 Å². The molecule has 0 fully saturated rings. The van der Waals surface area contributed by atoms with E-state index in [9.17, 15) is 0 Å². The van der Waals surface area contributed by atoms with Crippen molar-refractivity contribution in [2.24, 2.45) is 0 Å². The van der Waals surface area contributed by atoms with Gasteiger partial charge in [-0.3, -0.25) is 4.98 Å². The lowest BCUT2D eigenvalue weighted by atomic mass is 9.93. The maximum absolute atomic E-state index is 4.44. The van der Waals surface area contributed by atoms with E-state index in [1.54, 1.807) is 0 Å². The Morgan fingerprint density at radius 1 is 1.21 bits per heavy atom. The third-order valence-electron chi connectivity index (χ3n) is 3.65. The molecule has 1 heterocycles. The largest absolute Gasteiger partial charge is 0.314 e. The molecule has 1 aromatic heterocycles. The molecule has 2 atom stereocenters. The number of fused-ring (bicyclic) bond motifs is 1. The quantitative estimate of drug-likeness (QED) is 0.841. The summed E-state index contributed by atoms with van der Waals surface area (Å²) in [5, 5.41) is 4.77. The second-order valence-electron chi connectivity index (χ2n) is 5.45. The van der Waals surface area contributed by atoms with Gasteiger partial charge >= 0.3 is 0 Å². The molecule has 0 bridgehead atoms. The normalized spacial score (nSPS) is 14.5. The van der Waals surface area contributed by atoms with Gasteiger partial charge in [-0.2, -0.15) is 0 Å². The Morgan fingerprint density at radius 2 is 2.05 bits per heavy atom. The van der Waals surface area contributed by atoms with Gasteiger partial charge in [-0.15, -0.1) is 0 Å². The minimum absolute atomic E-state index is 0.561. The molecule has 0 radical (unpaired) electrons. The number of benzene rings is 1. The molecule has 2 nitrogen and oxygen atoms in total. The van der Waals surface area contributed by atoms with Crippen molar-refractivity contribution in [3.05, 3.63) is 42.1 Å². The fourth-order valence-electron chi connectivity index (χ4n) is 2.53. The summed E-state index contributed by atoms with van der Waals surface area (Å²) < 4.78 is 0. The van der Waals surface area contributed by atoms with Crippen molar-refractivity contribution in [2.75, 3.05) is 6.54 Å². The molecule has 0 aliphatic heterocycles. The van der Waals surface area contributed by atoms with Crippen LogP contribution in [0.5, 0.6) is 0 Å². The average molecular weight is 256 g/mol. The number of rotatable bonds is 6. The molecule has 2 rings (SSSR count). The monoisotopic (exact) mass is 256 g/mol. The molecule has 0 amide bonds. The van der Waals surface area contributed by atoms with Crippen LogP contribution in [-0.2, 0) is 0 Å². The van der Waals surface area contributed by atoms with E-state index in [2.05, 4.69) is 55.3 Å². The zero-order valence-corrected chi connectivity index (χ0v) is 12.2. The predicted molar refractivity (Wildman–Crippen MR) is 82.5 cm³/mol. The van der Waals surface area contributed by atoms with E-state index in [1.807, 2.05) is 12.3 Å². The first kappa shape index (κ1) is 14.0. The van der Waals surface area contributed by atoms with E-state index in [0.29, 0.717) is 12.0 Å². The molecule has 2 unspecified atom stereocenters. The second-order valence-corrected chi connectivity index (χ2v) is 5.45. The summed E-state index contributed by atoms with van der Waals surface area (Å²) in [5.41, 5.74) is 2.48. The highest BCUT2D eigenvalue weighted by Gasteiger charge is 2.10. The summed E-state index contributed by atoms with van der Waals surface area (Å²) >= 11 is 0. The number of aromatic nitrogens is 1. The number of pyridine rings is 1. The summed E-state index contributed by atoms with van der Waals surface area (Å²) in [6.45, 7) is 7.88. The number of nitrogens with one attached hydrogen (secondary N) is 1. The molecule has 2 aromatic rings. The summed E-state index contributed by atoms with van der Waals surface area (Å²) in [6, 6.07) is 11.3. The van der Waals surface area contributed by atoms with Crippen LogP contribution in [0.4, 0.5) is 0 Å². The molecule has 102 valence electrons. The summed E-state index contributed by atoms with van der Waals surface area (Å²) in [7, 11) is 0. The van der Waals surface area contributed by atoms with Gasteiger partial charge in [0.15, 0.2) is 0 Å². The van der Waals surface area contributed by atoms with Crippen LogP contribution in [0.15, 0.2) is 36.5 Å². The van der Waals surface area contributed by atoms with Gasteiger partial charge < -0.3 is 5.32 Å². The van der Waals surface area contributed by atoms with Gasteiger partial charge in [0, 0.05) is 17.6 Å². The van der Waals surface area contributed by atoms with Gasteiger partial charge in [-0.25, -0.2) is 0 Å². The van der Waals surface area contributed by atoms with Gasteiger partial charge in [0.25, 0.3) is 0 Å². The molecular weight excluding hydrogens is 232 g/mol. The van der Waals surface area contributed by atoms with Crippen molar-refractivity contribution in [3.8, 4) is 0 Å². The highest BCUT2D eigenvalue weighted by atomic mass is 14.9. The van der Waals surface area contributed by atoms with Gasteiger partial charge in [0.1, 0.15) is 0 Å². The van der Waals surface area contributed by atoms with Crippen LogP contribution in [0, 0.1) is 0 Å². The summed E-state index contributed by atoms with van der Waals surface area (Å²) in [4.78, 5) is 4.44. The minimum Gasteiger partial charge on any atom is -0.314 e. The van der Waals surface area contributed by atoms with Crippen LogP contribution < -0.4 is 5.32 Å². The Morgan fingerprint density at radius 3 is 2.84 bits per heavy atom. The maximum atomic E-state index is 4.44. The second kappa shape index (κ2) is 6.67. The first-order valence-corrected chi connectivity index (χ1v) is 7.28. The van der Waals surface area contributed by atoms with Crippen molar-refractivity contribution < 1.29 is 0 Å². The van der Waals surface area contributed by atoms with Crippen LogP contribution in [-0.4, -0.2) is 17.6 Å². The molecule has 0 aliphatic rings. The SMILES string of the molecule is CCCNC(C)CC(C)c1ccc2cccnc2c1. The molecule has 0 aliphatic carbocycles. The Bertz CT molecular complexity index is 521. The molecule has 19 heavy (non-hydrogen) atoms. The van der Waals surface area contributed by atoms with Gasteiger partial charge in [-0.05, 0) is 49.9 Å². The van der Waals surface area contributed by atoms with Gasteiger partial charge in [-0.1, -0.05) is 32.0 Å². The maximum Gasteiger partial charge on any atom is 0.0704 e. The predicted octanol–water partition coefficient (Wildman–Crippen LogP) is 4.12. The fourth-order valence-corrected chi connectivity index (χ4v) is 2.53. The molecule has 1 aromatic carbocycles. The standard InChI is InChI=1S/C17H24N2/c1-4-9-18-14(3)11-13(2)16-8-7-15-6-5-10-19-17(15)12-16/h5-8,10,12-14,18H,4,9,11H2,1-3H3. The third kappa shape index (κ3) is 3.77. The smallest absolute Gasteiger partial charge is 0.0704 e. The van der Waals surface area contributed by atoms with Crippen molar-refractivity contribution in [1.82, 2.24) is 10.3 Å². The first-order valence-electron chi connectivity index (χ1n) is 7.28. The number of nitrogens with zero attached hydrogens (tertiary/aromatic N) is 1. The fraction of sp³-hybridized carbons (Fsp3) is 0.471. The summed E-state index contributed by atoms with van der Waals surface area (Å²) in [6.07, 6.45) is 4.22.